The minimum absolute atomic E-state index is 0.0888. The number of imidazole rings is 1. The van der Waals surface area contributed by atoms with Crippen LogP contribution in [0, 0.1) is 12.7 Å². The zero-order valence-electron chi connectivity index (χ0n) is 15.2. The Morgan fingerprint density at radius 3 is 2.59 bits per heavy atom. The smallest absolute Gasteiger partial charge is 0.268 e. The molecule has 1 N–H and O–H groups in total. The zero-order chi connectivity index (χ0) is 19.4. The van der Waals surface area contributed by atoms with Crippen molar-refractivity contribution in [2.75, 3.05) is 0 Å². The lowest BCUT2D eigenvalue weighted by Crippen LogP contribution is -2.41. The molecule has 0 saturated heterocycles. The van der Waals surface area contributed by atoms with Crippen LogP contribution in [-0.4, -0.2) is 26.1 Å². The number of amides is 1. The monoisotopic (exact) mass is 368 g/mol. The Morgan fingerprint density at radius 2 is 1.96 bits per heavy atom. The molecule has 1 amide bonds. The van der Waals surface area contributed by atoms with Crippen molar-refractivity contribution in [3.8, 4) is 5.69 Å². The van der Waals surface area contributed by atoms with Crippen LogP contribution in [0.1, 0.15) is 29.3 Å². The topological polar surface area (TPSA) is 68.9 Å². The lowest BCUT2D eigenvalue weighted by Gasteiger charge is -2.18. The van der Waals surface area contributed by atoms with Gasteiger partial charge in [0, 0.05) is 36.9 Å². The van der Waals surface area contributed by atoms with E-state index in [0.29, 0.717) is 24.2 Å². The highest BCUT2D eigenvalue weighted by molar-refractivity contribution is 5.95. The van der Waals surface area contributed by atoms with Gasteiger partial charge in [-0.1, -0.05) is 6.92 Å². The Labute approximate surface area is 156 Å². The van der Waals surface area contributed by atoms with Gasteiger partial charge >= 0.3 is 0 Å². The predicted octanol–water partition coefficient (Wildman–Crippen LogP) is 2.69. The van der Waals surface area contributed by atoms with Crippen LogP contribution in [0.4, 0.5) is 4.39 Å². The van der Waals surface area contributed by atoms with Crippen molar-refractivity contribution in [2.45, 2.75) is 32.9 Å². The molecule has 0 aliphatic heterocycles. The first-order chi connectivity index (χ1) is 13.0. The summed E-state index contributed by atoms with van der Waals surface area (Å²) in [5, 5.41) is 2.93. The van der Waals surface area contributed by atoms with Crippen LogP contribution in [-0.2, 0) is 6.54 Å². The maximum atomic E-state index is 13.2. The summed E-state index contributed by atoms with van der Waals surface area (Å²) >= 11 is 0. The molecule has 0 fully saturated rings. The van der Waals surface area contributed by atoms with E-state index in [9.17, 15) is 14.0 Å². The molecule has 140 valence electrons. The summed E-state index contributed by atoms with van der Waals surface area (Å²) in [5.74, 6) is -0.803. The van der Waals surface area contributed by atoms with Gasteiger partial charge in [-0.25, -0.2) is 9.37 Å². The van der Waals surface area contributed by atoms with Gasteiger partial charge in [-0.3, -0.25) is 14.2 Å². The van der Waals surface area contributed by atoms with Gasteiger partial charge in [0.2, 0.25) is 0 Å². The van der Waals surface area contributed by atoms with Crippen LogP contribution in [0.2, 0.25) is 0 Å². The molecule has 27 heavy (non-hydrogen) atoms. The number of hydrogen-bond donors (Lipinski definition) is 1. The Hall–Kier alpha value is -3.22. The second-order valence-electron chi connectivity index (χ2n) is 6.36. The van der Waals surface area contributed by atoms with Gasteiger partial charge in [0.25, 0.3) is 11.5 Å². The highest BCUT2D eigenvalue weighted by Gasteiger charge is 2.19. The minimum Gasteiger partial charge on any atom is -0.347 e. The maximum Gasteiger partial charge on any atom is 0.268 e. The quantitative estimate of drug-likeness (QED) is 0.727. The third kappa shape index (κ3) is 4.13. The van der Waals surface area contributed by atoms with E-state index in [-0.39, 0.29) is 17.4 Å². The second kappa shape index (κ2) is 7.99. The van der Waals surface area contributed by atoms with E-state index in [2.05, 4.69) is 10.3 Å². The molecule has 0 spiro atoms. The van der Waals surface area contributed by atoms with E-state index in [1.54, 1.807) is 31.7 Å². The Bertz CT molecular complexity index is 978. The Balaban J connectivity index is 1.88. The fraction of sp³-hybridized carbons (Fsp3) is 0.250. The number of benzene rings is 1. The number of pyridine rings is 1. The van der Waals surface area contributed by atoms with E-state index in [1.807, 2.05) is 17.7 Å². The van der Waals surface area contributed by atoms with Crippen LogP contribution in [0.15, 0.2) is 60.0 Å². The number of carbonyl (C=O) groups excluding carboxylic acids is 1. The van der Waals surface area contributed by atoms with Gasteiger partial charge in [-0.15, -0.1) is 0 Å². The number of hydrogen-bond acceptors (Lipinski definition) is 3. The fourth-order valence-electron chi connectivity index (χ4n) is 2.89. The van der Waals surface area contributed by atoms with Crippen molar-refractivity contribution >= 4 is 5.91 Å². The van der Waals surface area contributed by atoms with Crippen LogP contribution in [0.3, 0.4) is 0 Å². The molecule has 3 aromatic rings. The summed E-state index contributed by atoms with van der Waals surface area (Å²) in [5.41, 5.74) is 0.747. The number of nitrogens with zero attached hydrogens (tertiary/aromatic N) is 3. The van der Waals surface area contributed by atoms with Crippen LogP contribution in [0.5, 0.6) is 0 Å². The molecular formula is C20H21FN4O2. The molecule has 6 nitrogen and oxygen atoms in total. The third-order valence-electron chi connectivity index (χ3n) is 4.45. The van der Waals surface area contributed by atoms with Gasteiger partial charge in [0.15, 0.2) is 0 Å². The number of aryl methyl sites for hydroxylation is 1. The first-order valence-electron chi connectivity index (χ1n) is 8.74. The van der Waals surface area contributed by atoms with Crippen molar-refractivity contribution in [1.82, 2.24) is 19.4 Å². The van der Waals surface area contributed by atoms with Crippen molar-refractivity contribution < 1.29 is 9.18 Å². The number of carbonyl (C=O) groups is 1. The lowest BCUT2D eigenvalue weighted by atomic mass is 10.1. The van der Waals surface area contributed by atoms with Crippen molar-refractivity contribution in [1.29, 1.82) is 0 Å². The first-order valence-corrected chi connectivity index (χ1v) is 8.74. The molecule has 3 rings (SSSR count). The number of aromatic nitrogens is 3. The zero-order valence-corrected chi connectivity index (χ0v) is 15.2. The molecule has 2 heterocycles. The normalized spacial score (nSPS) is 12.0. The predicted molar refractivity (Wildman–Crippen MR) is 101 cm³/mol. The summed E-state index contributed by atoms with van der Waals surface area (Å²) in [6.45, 7) is 4.26. The SMILES string of the molecule is CCC(Cn1ccnc1)NC(=O)c1c(C)ccn(-c2ccc(F)cc2)c1=O. The van der Waals surface area contributed by atoms with Crippen molar-refractivity contribution in [2.24, 2.45) is 0 Å². The van der Waals surface area contributed by atoms with E-state index in [0.717, 1.165) is 0 Å². The highest BCUT2D eigenvalue weighted by Crippen LogP contribution is 2.10. The van der Waals surface area contributed by atoms with Gasteiger partial charge in [0.1, 0.15) is 11.4 Å². The largest absolute Gasteiger partial charge is 0.347 e. The summed E-state index contributed by atoms with van der Waals surface area (Å²) in [4.78, 5) is 29.7. The molecule has 0 saturated carbocycles. The molecule has 1 aromatic carbocycles. The summed E-state index contributed by atoms with van der Waals surface area (Å²) < 4.78 is 16.4. The lowest BCUT2D eigenvalue weighted by molar-refractivity contribution is 0.0929. The van der Waals surface area contributed by atoms with Crippen molar-refractivity contribution in [3.63, 3.8) is 0 Å². The van der Waals surface area contributed by atoms with E-state index >= 15 is 0 Å². The molecule has 0 radical (unpaired) electrons. The molecule has 0 bridgehead atoms. The Kier molecular flexibility index (Phi) is 5.49. The summed E-state index contributed by atoms with van der Waals surface area (Å²) in [6, 6.07) is 7.13. The van der Waals surface area contributed by atoms with Gasteiger partial charge in [-0.05, 0) is 49.2 Å². The van der Waals surface area contributed by atoms with Crippen LogP contribution in [0.25, 0.3) is 5.69 Å². The molecule has 1 atom stereocenters. The molecule has 2 aromatic heterocycles. The molecule has 0 aliphatic carbocycles. The molecular weight excluding hydrogens is 347 g/mol. The average molecular weight is 368 g/mol. The summed E-state index contributed by atoms with van der Waals surface area (Å²) in [7, 11) is 0. The van der Waals surface area contributed by atoms with E-state index in [4.69, 9.17) is 0 Å². The first kappa shape index (κ1) is 18.6. The third-order valence-corrected chi connectivity index (χ3v) is 4.45. The molecule has 7 heteroatoms. The highest BCUT2D eigenvalue weighted by atomic mass is 19.1. The van der Waals surface area contributed by atoms with Gasteiger partial charge in [-0.2, -0.15) is 0 Å². The standard InChI is InChI=1S/C20H21FN4O2/c1-3-16(12-24-11-9-22-13-24)23-19(26)18-14(2)8-10-25(20(18)27)17-6-4-15(21)5-7-17/h4-11,13,16H,3,12H2,1-2H3,(H,23,26). The maximum absolute atomic E-state index is 13.2. The average Bonchev–Trinajstić information content (AvgIpc) is 3.15. The van der Waals surface area contributed by atoms with E-state index in [1.165, 1.54) is 28.8 Å². The van der Waals surface area contributed by atoms with Crippen molar-refractivity contribution in [3.05, 3.63) is 82.5 Å². The van der Waals surface area contributed by atoms with Gasteiger partial charge in [0.05, 0.1) is 6.33 Å². The fourth-order valence-corrected chi connectivity index (χ4v) is 2.89. The Morgan fingerprint density at radius 1 is 1.22 bits per heavy atom. The molecule has 0 aliphatic rings. The number of rotatable bonds is 6. The van der Waals surface area contributed by atoms with Crippen LogP contribution >= 0.6 is 0 Å². The number of halogens is 1. The summed E-state index contributed by atoms with van der Waals surface area (Å²) in [6.07, 6.45) is 7.48. The second-order valence-corrected chi connectivity index (χ2v) is 6.36. The van der Waals surface area contributed by atoms with E-state index < -0.39 is 11.5 Å². The van der Waals surface area contributed by atoms with Crippen LogP contribution < -0.4 is 10.9 Å². The number of nitrogens with one attached hydrogen (secondary N) is 1. The van der Waals surface area contributed by atoms with Gasteiger partial charge < -0.3 is 9.88 Å². The molecule has 1 unspecified atom stereocenters. The minimum atomic E-state index is -0.434.